The molecule has 0 aliphatic carbocycles. The van der Waals surface area contributed by atoms with Crippen LogP contribution in [0.3, 0.4) is 0 Å². The maximum absolute atomic E-state index is 13.1. The van der Waals surface area contributed by atoms with E-state index in [9.17, 15) is 43.2 Å². The van der Waals surface area contributed by atoms with Crippen LogP contribution in [0.2, 0.25) is 0 Å². The summed E-state index contributed by atoms with van der Waals surface area (Å²) in [5.41, 5.74) is 0. The fraction of sp³-hybridized carbons (Fsp3) is 0.827. The summed E-state index contributed by atoms with van der Waals surface area (Å²) in [5, 5.41) is 10.6. The first-order valence-electron chi connectivity index (χ1n) is 40.5. The van der Waals surface area contributed by atoms with E-state index in [4.69, 9.17) is 37.0 Å². The van der Waals surface area contributed by atoms with Gasteiger partial charge in [0.15, 0.2) is 12.2 Å². The second-order valence-corrected chi connectivity index (χ2v) is 30.3. The fourth-order valence-corrected chi connectivity index (χ4v) is 12.9. The molecule has 17 nitrogen and oxygen atoms in total. The van der Waals surface area contributed by atoms with Crippen LogP contribution in [0.25, 0.3) is 0 Å². The third-order valence-corrected chi connectivity index (χ3v) is 19.4. The molecule has 5 atom stereocenters. The van der Waals surface area contributed by atoms with Gasteiger partial charge in [-0.2, -0.15) is 0 Å². The number of aliphatic hydroxyl groups excluding tert-OH is 1. The van der Waals surface area contributed by atoms with Gasteiger partial charge in [-0.15, -0.1) is 0 Å². The number of carbonyl (C=O) groups excluding carboxylic acids is 4. The molecule has 0 amide bonds. The number of aliphatic hydroxyl groups is 1. The van der Waals surface area contributed by atoms with Crippen LogP contribution in [0, 0.1) is 0 Å². The molecule has 0 rings (SSSR count). The number of esters is 4. The molecule has 0 aromatic heterocycles. The first kappa shape index (κ1) is 96.8. The van der Waals surface area contributed by atoms with Crippen molar-refractivity contribution in [1.29, 1.82) is 0 Å². The Kier molecular flexibility index (Phi) is 71.6. The van der Waals surface area contributed by atoms with Crippen LogP contribution in [0.15, 0.2) is 60.8 Å². The zero-order valence-corrected chi connectivity index (χ0v) is 65.7. The van der Waals surface area contributed by atoms with E-state index < -0.39 is 97.5 Å². The van der Waals surface area contributed by atoms with Crippen LogP contribution in [0.1, 0.15) is 374 Å². The summed E-state index contributed by atoms with van der Waals surface area (Å²) in [5.74, 6) is -2.16. The van der Waals surface area contributed by atoms with Crippen LogP contribution in [0.4, 0.5) is 0 Å². The van der Waals surface area contributed by atoms with E-state index in [0.717, 1.165) is 148 Å². The van der Waals surface area contributed by atoms with Gasteiger partial charge in [0.05, 0.1) is 26.4 Å². The van der Waals surface area contributed by atoms with E-state index >= 15 is 0 Å². The minimum Gasteiger partial charge on any atom is -0.462 e. The zero-order chi connectivity index (χ0) is 73.2. The Hall–Kier alpha value is -3.24. The van der Waals surface area contributed by atoms with Gasteiger partial charge >= 0.3 is 39.5 Å². The average molecular weight is 1460 g/mol. The van der Waals surface area contributed by atoms with Gasteiger partial charge in [-0.3, -0.25) is 37.3 Å². The predicted octanol–water partition coefficient (Wildman–Crippen LogP) is 23.5. The van der Waals surface area contributed by atoms with Crippen molar-refractivity contribution in [2.45, 2.75) is 393 Å². The highest BCUT2D eigenvalue weighted by atomic mass is 31.2. The number of phosphoric acid groups is 2. The smallest absolute Gasteiger partial charge is 0.462 e. The van der Waals surface area contributed by atoms with Crippen LogP contribution in [-0.4, -0.2) is 96.7 Å². The first-order chi connectivity index (χ1) is 48.7. The van der Waals surface area contributed by atoms with Gasteiger partial charge in [-0.05, 0) is 89.9 Å². The van der Waals surface area contributed by atoms with Gasteiger partial charge in [0.25, 0.3) is 0 Å². The van der Waals surface area contributed by atoms with E-state index in [0.29, 0.717) is 25.7 Å². The quantitative estimate of drug-likeness (QED) is 0.0169. The van der Waals surface area contributed by atoms with E-state index in [1.807, 2.05) is 0 Å². The Balaban J connectivity index is 5.30. The molecule has 0 aromatic carbocycles. The fourth-order valence-electron chi connectivity index (χ4n) is 11.3. The van der Waals surface area contributed by atoms with E-state index in [2.05, 4.69) is 88.5 Å². The van der Waals surface area contributed by atoms with Crippen LogP contribution in [-0.2, 0) is 65.4 Å². The second kappa shape index (κ2) is 74.0. The molecule has 100 heavy (non-hydrogen) atoms. The van der Waals surface area contributed by atoms with Crippen molar-refractivity contribution < 1.29 is 80.2 Å². The largest absolute Gasteiger partial charge is 0.472 e. The number of rotatable bonds is 77. The highest BCUT2D eigenvalue weighted by molar-refractivity contribution is 7.47. The molecular weight excluding hydrogens is 1310 g/mol. The number of carbonyl (C=O) groups is 4. The summed E-state index contributed by atoms with van der Waals surface area (Å²) in [6, 6.07) is 0. The molecule has 0 saturated carbocycles. The number of hydrogen-bond donors (Lipinski definition) is 3. The topological polar surface area (TPSA) is 237 Å². The number of phosphoric ester groups is 2. The molecule has 19 heteroatoms. The number of unbranched alkanes of at least 4 members (excludes halogenated alkanes) is 41. The molecule has 0 heterocycles. The van der Waals surface area contributed by atoms with E-state index in [-0.39, 0.29) is 25.7 Å². The van der Waals surface area contributed by atoms with Crippen molar-refractivity contribution in [3.05, 3.63) is 60.8 Å². The average Bonchev–Trinajstić information content (AvgIpc) is 0.935. The van der Waals surface area contributed by atoms with Crippen molar-refractivity contribution in [2.75, 3.05) is 39.6 Å². The Labute approximate surface area is 610 Å². The maximum atomic E-state index is 13.1. The highest BCUT2D eigenvalue weighted by Crippen LogP contribution is 2.45. The molecule has 0 bridgehead atoms. The van der Waals surface area contributed by atoms with Crippen molar-refractivity contribution >= 4 is 39.5 Å². The van der Waals surface area contributed by atoms with Crippen LogP contribution < -0.4 is 0 Å². The lowest BCUT2D eigenvalue weighted by Gasteiger charge is -2.21. The lowest BCUT2D eigenvalue weighted by molar-refractivity contribution is -0.161. The SMILES string of the molecule is CC/C=C\C/C=C\C/C=C\C/C=C\CCCCCCCCC(=O)OCC(COP(=O)(O)OCC(O)COP(=O)(O)OCC(COC(=O)CCCCCCCCCCCCCCCCC)OC(=O)CCCCCCCCCCCCCCC)OC(=O)CCCCCCC/C=C\CCCCCC. The Bertz CT molecular complexity index is 2130. The van der Waals surface area contributed by atoms with Crippen molar-refractivity contribution in [2.24, 2.45) is 0 Å². The van der Waals surface area contributed by atoms with Crippen LogP contribution in [0.5, 0.6) is 0 Å². The van der Waals surface area contributed by atoms with Crippen LogP contribution >= 0.6 is 15.6 Å². The number of allylic oxidation sites excluding steroid dienone is 10. The Morgan fingerprint density at radius 2 is 0.520 bits per heavy atom. The molecule has 5 unspecified atom stereocenters. The molecule has 0 aromatic rings. The van der Waals surface area contributed by atoms with E-state index in [1.54, 1.807) is 0 Å². The predicted molar refractivity (Wildman–Crippen MR) is 409 cm³/mol. The summed E-state index contributed by atoms with van der Waals surface area (Å²) in [7, 11) is -9.94. The molecule has 3 N–H and O–H groups in total. The van der Waals surface area contributed by atoms with Crippen molar-refractivity contribution in [3.63, 3.8) is 0 Å². The van der Waals surface area contributed by atoms with Crippen molar-refractivity contribution in [1.82, 2.24) is 0 Å². The lowest BCUT2D eigenvalue weighted by atomic mass is 10.0. The zero-order valence-electron chi connectivity index (χ0n) is 63.9. The molecule has 0 aliphatic rings. The standard InChI is InChI=1S/C81H148O17P2/c1-5-9-13-17-21-25-29-33-35-36-37-38-40-44-46-50-54-58-62-66-79(84)92-72-77(98-81(86)68-64-60-56-52-48-42-32-28-24-20-16-12-8-4)74-96-100(89,90)94-70-75(82)69-93-99(87,88)95-73-76(97-80(85)67-63-59-55-51-47-41-31-27-23-19-15-11-7-3)71-91-78(83)65-61-57-53-49-45-43-39-34-30-26-22-18-14-10-6-2/h9,13,21,25,28,32-33,35,37-38,75-77,82H,5-8,10-12,14-20,22-24,26-27,29-31,34,36,39-74H2,1-4H3,(H,87,88)(H,89,90)/b13-9-,25-21-,32-28-,35-33-,38-37-. The third kappa shape index (κ3) is 73.1. The Morgan fingerprint density at radius 1 is 0.290 bits per heavy atom. The number of hydrogen-bond acceptors (Lipinski definition) is 15. The highest BCUT2D eigenvalue weighted by Gasteiger charge is 2.30. The molecule has 0 saturated heterocycles. The first-order valence-corrected chi connectivity index (χ1v) is 43.5. The maximum Gasteiger partial charge on any atom is 0.472 e. The minimum absolute atomic E-state index is 0.0852. The summed E-state index contributed by atoms with van der Waals surface area (Å²) in [6.07, 6.45) is 73.3. The molecule has 0 aliphatic heterocycles. The Morgan fingerprint density at radius 3 is 0.820 bits per heavy atom. The monoisotopic (exact) mass is 1460 g/mol. The van der Waals surface area contributed by atoms with Gasteiger partial charge in [-0.25, -0.2) is 9.13 Å². The second-order valence-electron chi connectivity index (χ2n) is 27.3. The molecule has 0 radical (unpaired) electrons. The third-order valence-electron chi connectivity index (χ3n) is 17.5. The van der Waals surface area contributed by atoms with Gasteiger partial charge in [0.2, 0.25) is 0 Å². The van der Waals surface area contributed by atoms with Gasteiger partial charge in [0, 0.05) is 25.7 Å². The molecule has 0 fully saturated rings. The summed E-state index contributed by atoms with van der Waals surface area (Å²) < 4.78 is 68.6. The van der Waals surface area contributed by atoms with Gasteiger partial charge in [-0.1, -0.05) is 320 Å². The molecule has 584 valence electrons. The van der Waals surface area contributed by atoms with Gasteiger partial charge < -0.3 is 33.8 Å². The van der Waals surface area contributed by atoms with E-state index in [1.165, 1.54) is 148 Å². The molecule has 0 spiro atoms. The summed E-state index contributed by atoms with van der Waals surface area (Å²) in [4.78, 5) is 73.0. The van der Waals surface area contributed by atoms with Crippen molar-refractivity contribution in [3.8, 4) is 0 Å². The lowest BCUT2D eigenvalue weighted by Crippen LogP contribution is -2.30. The summed E-state index contributed by atoms with van der Waals surface area (Å²) >= 11 is 0. The normalized spacial score (nSPS) is 14.2. The molecular formula is C81H148O17P2. The number of ether oxygens (including phenoxy) is 4. The summed E-state index contributed by atoms with van der Waals surface area (Å²) in [6.45, 7) is 4.81. The van der Waals surface area contributed by atoms with Gasteiger partial charge in [0.1, 0.15) is 19.3 Å². The minimum atomic E-state index is -4.97.